The van der Waals surface area contributed by atoms with Gasteiger partial charge in [-0.25, -0.2) is 4.98 Å². The molecule has 0 unspecified atom stereocenters. The third-order valence-corrected chi connectivity index (χ3v) is 2.44. The molecule has 0 radical (unpaired) electrons. The molecule has 5 nitrogen and oxygen atoms in total. The maximum absolute atomic E-state index is 12.2. The van der Waals surface area contributed by atoms with Crippen LogP contribution in [0, 0.1) is 13.8 Å². The van der Waals surface area contributed by atoms with Gasteiger partial charge >= 0.3 is 0 Å². The first-order valence-electron chi connectivity index (χ1n) is 5.36. The van der Waals surface area contributed by atoms with Gasteiger partial charge in [0, 0.05) is 13.0 Å². The molecule has 6 heteroatoms. The third kappa shape index (κ3) is 3.26. The van der Waals surface area contributed by atoms with Crippen molar-refractivity contribution < 1.29 is 9.21 Å². The quantitative estimate of drug-likeness (QED) is 0.824. The molecule has 0 saturated heterocycles. The van der Waals surface area contributed by atoms with Gasteiger partial charge in [-0.05, 0) is 20.8 Å². The molecule has 1 aromatic rings. The van der Waals surface area contributed by atoms with Gasteiger partial charge in [-0.1, -0.05) is 12.2 Å². The van der Waals surface area contributed by atoms with Gasteiger partial charge in [-0.3, -0.25) is 4.79 Å². The summed E-state index contributed by atoms with van der Waals surface area (Å²) in [5, 5.41) is 0. The van der Waals surface area contributed by atoms with Crippen LogP contribution in [0.2, 0.25) is 0 Å². The molecule has 1 aromatic heterocycles. The summed E-state index contributed by atoms with van der Waals surface area (Å²) in [6.45, 7) is 7.48. The number of aromatic nitrogens is 1. The van der Waals surface area contributed by atoms with Crippen LogP contribution >= 0.6 is 12.2 Å². The highest BCUT2D eigenvalue weighted by molar-refractivity contribution is 7.80. The predicted octanol–water partition coefficient (Wildman–Crippen LogP) is 1.43. The molecule has 94 valence electrons. The van der Waals surface area contributed by atoms with Crippen LogP contribution in [0.4, 0.5) is 0 Å². The molecule has 0 bridgehead atoms. The number of carbonyl (C=O) groups is 1. The summed E-state index contributed by atoms with van der Waals surface area (Å²) in [7, 11) is 0. The van der Waals surface area contributed by atoms with Crippen molar-refractivity contribution in [3.05, 3.63) is 17.3 Å². The molecule has 0 atom stereocenters. The highest BCUT2D eigenvalue weighted by atomic mass is 32.1. The largest absolute Gasteiger partial charge is 0.436 e. The lowest BCUT2D eigenvalue weighted by atomic mass is 10.2. The zero-order valence-corrected chi connectivity index (χ0v) is 11.3. The fraction of sp³-hybridized carbons (Fsp3) is 0.545. The first kappa shape index (κ1) is 13.6. The summed E-state index contributed by atoms with van der Waals surface area (Å²) in [6.07, 6.45) is 0. The standard InChI is InChI=1S/C11H17N3O2S/c1-6(2)14(5-9(12)17)11(15)10-7(3)13-8(4)16-10/h6H,5H2,1-4H3,(H2,12,17). The first-order chi connectivity index (χ1) is 7.82. The normalized spacial score (nSPS) is 10.6. The van der Waals surface area contributed by atoms with Gasteiger partial charge in [0.2, 0.25) is 5.76 Å². The van der Waals surface area contributed by atoms with Crippen LogP contribution < -0.4 is 5.73 Å². The minimum Gasteiger partial charge on any atom is -0.436 e. The number of carbonyl (C=O) groups excluding carboxylic acids is 1. The number of hydrogen-bond donors (Lipinski definition) is 1. The van der Waals surface area contributed by atoms with Gasteiger partial charge in [-0.15, -0.1) is 0 Å². The Bertz CT molecular complexity index is 440. The van der Waals surface area contributed by atoms with E-state index in [4.69, 9.17) is 22.4 Å². The maximum atomic E-state index is 12.2. The van der Waals surface area contributed by atoms with Gasteiger partial charge in [0.15, 0.2) is 5.89 Å². The maximum Gasteiger partial charge on any atom is 0.292 e. The average molecular weight is 255 g/mol. The summed E-state index contributed by atoms with van der Waals surface area (Å²) in [5.74, 6) is 0.503. The number of rotatable bonds is 4. The molecule has 0 aliphatic rings. The number of nitrogens with zero attached hydrogens (tertiary/aromatic N) is 2. The van der Waals surface area contributed by atoms with Gasteiger partial charge in [0.1, 0.15) is 0 Å². The summed E-state index contributed by atoms with van der Waals surface area (Å²) in [4.78, 5) is 18.2. The van der Waals surface area contributed by atoms with Crippen molar-refractivity contribution in [1.29, 1.82) is 0 Å². The molecule has 17 heavy (non-hydrogen) atoms. The average Bonchev–Trinajstić information content (AvgIpc) is 2.52. The Labute approximate surface area is 106 Å². The van der Waals surface area contributed by atoms with Gasteiger partial charge in [-0.2, -0.15) is 0 Å². The molecular formula is C11H17N3O2S. The molecule has 0 spiro atoms. The molecule has 0 saturated carbocycles. The Morgan fingerprint density at radius 1 is 1.53 bits per heavy atom. The minimum absolute atomic E-state index is 0.00574. The van der Waals surface area contributed by atoms with E-state index in [0.717, 1.165) is 0 Å². The van der Waals surface area contributed by atoms with E-state index in [-0.39, 0.29) is 29.2 Å². The highest BCUT2D eigenvalue weighted by Crippen LogP contribution is 2.14. The van der Waals surface area contributed by atoms with E-state index in [1.807, 2.05) is 13.8 Å². The van der Waals surface area contributed by atoms with Crippen molar-refractivity contribution in [2.45, 2.75) is 33.7 Å². The van der Waals surface area contributed by atoms with Crippen LogP contribution in [0.25, 0.3) is 0 Å². The number of thiocarbonyl (C=S) groups is 1. The molecule has 0 fully saturated rings. The second-order valence-electron chi connectivity index (χ2n) is 4.14. The minimum atomic E-state index is -0.231. The molecule has 1 heterocycles. The number of amides is 1. The van der Waals surface area contributed by atoms with E-state index in [1.165, 1.54) is 0 Å². The Balaban J connectivity index is 2.99. The van der Waals surface area contributed by atoms with E-state index in [0.29, 0.717) is 11.6 Å². The SMILES string of the molecule is Cc1nc(C)c(C(=O)N(CC(N)=S)C(C)C)o1. The van der Waals surface area contributed by atoms with Gasteiger partial charge in [0.25, 0.3) is 5.91 Å². The van der Waals surface area contributed by atoms with Crippen LogP contribution in [-0.2, 0) is 0 Å². The second kappa shape index (κ2) is 5.27. The third-order valence-electron chi connectivity index (χ3n) is 2.31. The van der Waals surface area contributed by atoms with Crippen LogP contribution in [0.1, 0.15) is 36.0 Å². The smallest absolute Gasteiger partial charge is 0.292 e. The number of aryl methyl sites for hydroxylation is 2. The molecular weight excluding hydrogens is 238 g/mol. The monoisotopic (exact) mass is 255 g/mol. The summed E-state index contributed by atoms with van der Waals surface area (Å²) in [5.41, 5.74) is 6.07. The fourth-order valence-corrected chi connectivity index (χ4v) is 1.66. The summed E-state index contributed by atoms with van der Waals surface area (Å²) in [6, 6.07) is -0.00574. The van der Waals surface area contributed by atoms with Gasteiger partial charge in [0.05, 0.1) is 17.2 Å². The number of hydrogen-bond acceptors (Lipinski definition) is 4. The van der Waals surface area contributed by atoms with Crippen LogP contribution in [0.15, 0.2) is 4.42 Å². The molecule has 2 N–H and O–H groups in total. The summed E-state index contributed by atoms with van der Waals surface area (Å²) >= 11 is 4.84. The zero-order chi connectivity index (χ0) is 13.2. The molecule has 0 aliphatic carbocycles. The Morgan fingerprint density at radius 2 is 2.12 bits per heavy atom. The first-order valence-corrected chi connectivity index (χ1v) is 5.77. The molecule has 1 rings (SSSR count). The van der Waals surface area contributed by atoms with Crippen molar-refractivity contribution in [3.8, 4) is 0 Å². The molecule has 1 amide bonds. The predicted molar refractivity (Wildman–Crippen MR) is 68.9 cm³/mol. The fourth-order valence-electron chi connectivity index (χ4n) is 1.52. The lowest BCUT2D eigenvalue weighted by Crippen LogP contribution is -2.42. The Kier molecular flexibility index (Phi) is 4.22. The van der Waals surface area contributed by atoms with Crippen molar-refractivity contribution in [2.24, 2.45) is 5.73 Å². The molecule has 0 aromatic carbocycles. The van der Waals surface area contributed by atoms with Crippen LogP contribution in [0.3, 0.4) is 0 Å². The van der Waals surface area contributed by atoms with Crippen molar-refractivity contribution in [2.75, 3.05) is 6.54 Å². The van der Waals surface area contributed by atoms with E-state index in [2.05, 4.69) is 4.98 Å². The highest BCUT2D eigenvalue weighted by Gasteiger charge is 2.24. The topological polar surface area (TPSA) is 72.4 Å². The number of nitrogens with two attached hydrogens (primary N) is 1. The van der Waals surface area contributed by atoms with E-state index in [9.17, 15) is 4.79 Å². The second-order valence-corrected chi connectivity index (χ2v) is 4.66. The Morgan fingerprint density at radius 3 is 2.47 bits per heavy atom. The van der Waals surface area contributed by atoms with Crippen molar-refractivity contribution >= 4 is 23.1 Å². The van der Waals surface area contributed by atoms with E-state index < -0.39 is 0 Å². The van der Waals surface area contributed by atoms with Gasteiger partial charge < -0.3 is 15.1 Å². The van der Waals surface area contributed by atoms with Crippen LogP contribution in [-0.4, -0.2) is 33.4 Å². The lowest BCUT2D eigenvalue weighted by Gasteiger charge is -2.25. The van der Waals surface area contributed by atoms with Crippen molar-refractivity contribution in [1.82, 2.24) is 9.88 Å². The molecule has 0 aliphatic heterocycles. The zero-order valence-electron chi connectivity index (χ0n) is 10.5. The lowest BCUT2D eigenvalue weighted by molar-refractivity contribution is 0.0701. The van der Waals surface area contributed by atoms with Crippen LogP contribution in [0.5, 0.6) is 0 Å². The van der Waals surface area contributed by atoms with Crippen molar-refractivity contribution in [3.63, 3.8) is 0 Å². The number of oxazole rings is 1. The van der Waals surface area contributed by atoms with E-state index in [1.54, 1.807) is 18.7 Å². The van der Waals surface area contributed by atoms with E-state index >= 15 is 0 Å². The summed E-state index contributed by atoms with van der Waals surface area (Å²) < 4.78 is 5.30. The Hall–Kier alpha value is -1.43.